The summed E-state index contributed by atoms with van der Waals surface area (Å²) in [6, 6.07) is 23.0. The quantitative estimate of drug-likeness (QED) is 0.624. The molecule has 4 aliphatic rings. The van der Waals surface area contributed by atoms with Crippen molar-refractivity contribution in [1.82, 2.24) is 0 Å². The Balaban J connectivity index is 1.58. The zero-order valence-corrected chi connectivity index (χ0v) is 18.6. The summed E-state index contributed by atoms with van der Waals surface area (Å²) in [4.78, 5) is 29.3. The first-order chi connectivity index (χ1) is 16.0. The third-order valence-corrected chi connectivity index (χ3v) is 7.75. The van der Waals surface area contributed by atoms with E-state index in [1.54, 1.807) is 31.2 Å². The van der Waals surface area contributed by atoms with Gasteiger partial charge in [0.2, 0.25) is 11.8 Å². The molecule has 2 bridgehead atoms. The molecular formula is C28H25NO4. The second kappa shape index (κ2) is 7.03. The molecular weight excluding hydrogens is 414 g/mol. The number of aliphatic hydroxyl groups excluding tert-OH is 1. The van der Waals surface area contributed by atoms with Gasteiger partial charge in [0.25, 0.3) is 0 Å². The van der Waals surface area contributed by atoms with Crippen molar-refractivity contribution in [3.05, 3.63) is 95.1 Å². The van der Waals surface area contributed by atoms with Crippen molar-refractivity contribution in [2.24, 2.45) is 11.8 Å². The first kappa shape index (κ1) is 20.2. The molecule has 0 aromatic heterocycles. The van der Waals surface area contributed by atoms with Crippen molar-refractivity contribution in [2.45, 2.75) is 31.3 Å². The number of hydrogen-bond acceptors (Lipinski definition) is 4. The van der Waals surface area contributed by atoms with Crippen LogP contribution in [0.3, 0.4) is 0 Å². The summed E-state index contributed by atoms with van der Waals surface area (Å²) in [5.74, 6) is -1.18. The lowest BCUT2D eigenvalue weighted by Gasteiger charge is -2.55. The zero-order chi connectivity index (χ0) is 22.9. The van der Waals surface area contributed by atoms with Gasteiger partial charge in [-0.05, 0) is 60.4 Å². The maximum absolute atomic E-state index is 14.0. The Morgan fingerprint density at radius 3 is 2.03 bits per heavy atom. The first-order valence-corrected chi connectivity index (χ1v) is 11.5. The van der Waals surface area contributed by atoms with Crippen LogP contribution in [0.4, 0.5) is 5.69 Å². The molecule has 1 heterocycles. The molecule has 5 heteroatoms. The highest BCUT2D eigenvalue weighted by Crippen LogP contribution is 2.65. The van der Waals surface area contributed by atoms with Gasteiger partial charge in [-0.3, -0.25) is 9.59 Å². The molecule has 1 aliphatic heterocycles. The fraction of sp³-hybridized carbons (Fsp3) is 0.286. The lowest BCUT2D eigenvalue weighted by atomic mass is 9.46. The summed E-state index contributed by atoms with van der Waals surface area (Å²) >= 11 is 0. The molecule has 0 saturated carbocycles. The number of nitrogens with zero attached hydrogens (tertiary/aromatic N) is 1. The van der Waals surface area contributed by atoms with Crippen LogP contribution in [0, 0.1) is 11.8 Å². The number of hydrogen-bond donors (Lipinski definition) is 1. The average Bonchev–Trinajstić information content (AvgIpc) is 3.10. The van der Waals surface area contributed by atoms with Crippen LogP contribution in [0.1, 0.15) is 42.0 Å². The minimum atomic E-state index is -0.973. The van der Waals surface area contributed by atoms with E-state index in [1.807, 2.05) is 55.5 Å². The molecule has 7 rings (SSSR count). The van der Waals surface area contributed by atoms with E-state index in [9.17, 15) is 14.7 Å². The van der Waals surface area contributed by atoms with Gasteiger partial charge in [0.05, 0.1) is 35.6 Å². The van der Waals surface area contributed by atoms with E-state index in [4.69, 9.17) is 4.74 Å². The monoisotopic (exact) mass is 439 g/mol. The molecule has 1 fully saturated rings. The molecule has 2 amide bonds. The number of carbonyl (C=O) groups excluding carboxylic acids is 2. The van der Waals surface area contributed by atoms with Gasteiger partial charge < -0.3 is 9.84 Å². The number of ether oxygens (including phenoxy) is 1. The third-order valence-electron chi connectivity index (χ3n) is 7.75. The van der Waals surface area contributed by atoms with Crippen molar-refractivity contribution < 1.29 is 19.4 Å². The molecule has 33 heavy (non-hydrogen) atoms. The van der Waals surface area contributed by atoms with Crippen LogP contribution >= 0.6 is 0 Å². The Morgan fingerprint density at radius 2 is 1.48 bits per heavy atom. The lowest BCUT2D eigenvalue weighted by molar-refractivity contribution is -0.126. The molecule has 166 valence electrons. The average molecular weight is 440 g/mol. The molecule has 0 spiro atoms. The van der Waals surface area contributed by atoms with Crippen molar-refractivity contribution in [2.75, 3.05) is 11.5 Å². The molecule has 1 saturated heterocycles. The topological polar surface area (TPSA) is 66.8 Å². The van der Waals surface area contributed by atoms with E-state index in [1.165, 1.54) is 4.90 Å². The Bertz CT molecular complexity index is 1230. The first-order valence-electron chi connectivity index (χ1n) is 11.5. The summed E-state index contributed by atoms with van der Waals surface area (Å²) < 4.78 is 5.53. The second-order valence-corrected chi connectivity index (χ2v) is 9.14. The van der Waals surface area contributed by atoms with Gasteiger partial charge in [0.15, 0.2) is 0 Å². The van der Waals surface area contributed by atoms with Gasteiger partial charge in [-0.15, -0.1) is 0 Å². The maximum Gasteiger partial charge on any atom is 0.239 e. The van der Waals surface area contributed by atoms with Crippen LogP contribution in [0.2, 0.25) is 0 Å². The van der Waals surface area contributed by atoms with Gasteiger partial charge in [-0.25, -0.2) is 4.90 Å². The second-order valence-electron chi connectivity index (χ2n) is 9.14. The highest BCUT2D eigenvalue weighted by molar-refractivity contribution is 6.23. The smallest absolute Gasteiger partial charge is 0.239 e. The van der Waals surface area contributed by atoms with Crippen molar-refractivity contribution in [3.8, 4) is 5.75 Å². The van der Waals surface area contributed by atoms with E-state index in [0.29, 0.717) is 18.0 Å². The van der Waals surface area contributed by atoms with Crippen LogP contribution in [0.5, 0.6) is 5.75 Å². The van der Waals surface area contributed by atoms with E-state index in [-0.39, 0.29) is 17.7 Å². The van der Waals surface area contributed by atoms with Crippen LogP contribution in [0.15, 0.2) is 72.8 Å². The van der Waals surface area contributed by atoms with Gasteiger partial charge in [-0.1, -0.05) is 48.5 Å². The number of rotatable bonds is 4. The molecule has 3 aliphatic carbocycles. The normalized spacial score (nSPS) is 27.7. The fourth-order valence-corrected chi connectivity index (χ4v) is 6.65. The maximum atomic E-state index is 14.0. The van der Waals surface area contributed by atoms with E-state index < -0.39 is 23.4 Å². The summed E-state index contributed by atoms with van der Waals surface area (Å²) in [5.41, 5.74) is 3.55. The van der Waals surface area contributed by atoms with Gasteiger partial charge in [0.1, 0.15) is 5.75 Å². The van der Waals surface area contributed by atoms with E-state index in [2.05, 4.69) is 0 Å². The van der Waals surface area contributed by atoms with Gasteiger partial charge >= 0.3 is 0 Å². The number of amides is 2. The molecule has 0 unspecified atom stereocenters. The highest BCUT2D eigenvalue weighted by Gasteiger charge is 2.69. The minimum Gasteiger partial charge on any atom is -0.494 e. The van der Waals surface area contributed by atoms with Crippen LogP contribution in [-0.2, 0) is 15.0 Å². The van der Waals surface area contributed by atoms with Crippen molar-refractivity contribution >= 4 is 17.5 Å². The molecule has 0 radical (unpaired) electrons. The summed E-state index contributed by atoms with van der Waals surface area (Å²) in [6.07, 6.45) is -0.856. The zero-order valence-electron chi connectivity index (χ0n) is 18.6. The van der Waals surface area contributed by atoms with Crippen LogP contribution in [0.25, 0.3) is 0 Å². The van der Waals surface area contributed by atoms with E-state index in [0.717, 1.165) is 22.3 Å². The lowest BCUT2D eigenvalue weighted by Crippen LogP contribution is -2.58. The fourth-order valence-electron chi connectivity index (χ4n) is 6.65. The third kappa shape index (κ3) is 2.40. The Hall–Kier alpha value is -3.44. The van der Waals surface area contributed by atoms with Crippen LogP contribution in [-0.4, -0.2) is 29.6 Å². The largest absolute Gasteiger partial charge is 0.494 e. The minimum absolute atomic E-state index is 0.201. The van der Waals surface area contributed by atoms with Gasteiger partial charge in [0, 0.05) is 5.92 Å². The number of carbonyl (C=O) groups is 2. The summed E-state index contributed by atoms with van der Waals surface area (Å²) in [6.45, 7) is 4.19. The van der Waals surface area contributed by atoms with Gasteiger partial charge in [-0.2, -0.15) is 0 Å². The molecule has 3 aromatic rings. The number of aliphatic hydroxyl groups is 1. The Morgan fingerprint density at radius 1 is 0.909 bits per heavy atom. The summed E-state index contributed by atoms with van der Waals surface area (Å²) in [7, 11) is 0. The molecule has 1 N–H and O–H groups in total. The van der Waals surface area contributed by atoms with Crippen molar-refractivity contribution in [1.29, 1.82) is 0 Å². The molecule has 5 nitrogen and oxygen atoms in total. The predicted octanol–water partition coefficient (Wildman–Crippen LogP) is 4.02. The Kier molecular flexibility index (Phi) is 4.30. The standard InChI is InChI=1S/C28H25NO4/c1-3-33-18-14-12-17(13-15-18)29-26(31)24-23-19-8-4-6-10-21(19)28(16(2)30,25(24)27(29)32)22-11-7-5-9-20(22)23/h4-16,23-25,30H,3H2,1-2H3/t16-,23?,24-,25-,28?/m1/s1. The highest BCUT2D eigenvalue weighted by atomic mass is 16.5. The Labute approximate surface area is 192 Å². The number of imide groups is 1. The van der Waals surface area contributed by atoms with Crippen molar-refractivity contribution in [3.63, 3.8) is 0 Å². The number of anilines is 1. The van der Waals surface area contributed by atoms with Crippen LogP contribution < -0.4 is 9.64 Å². The van der Waals surface area contributed by atoms with E-state index >= 15 is 0 Å². The molecule has 3 aromatic carbocycles. The number of benzene rings is 3. The summed E-state index contributed by atoms with van der Waals surface area (Å²) in [5, 5.41) is 11.4. The predicted molar refractivity (Wildman–Crippen MR) is 124 cm³/mol. The SMILES string of the molecule is CCOc1ccc(N2C(=O)[C@@H]3C4c5ccccc5C([C@@H](C)O)(c5ccccc54)[C@H]3C2=O)cc1. The molecule has 3 atom stereocenters.